The molecule has 1 saturated heterocycles. The smallest absolute Gasteiger partial charge is 0.250 e. The lowest BCUT2D eigenvalue weighted by atomic mass is 9.79. The lowest BCUT2D eigenvalue weighted by Gasteiger charge is -2.29. The number of benzene rings is 2. The highest BCUT2D eigenvalue weighted by Crippen LogP contribution is 2.48. The second kappa shape index (κ2) is 7.74. The number of amides is 2. The highest BCUT2D eigenvalue weighted by atomic mass is 35.5. The number of carbonyl (C=O) groups is 2. The summed E-state index contributed by atoms with van der Waals surface area (Å²) in [7, 11) is 1.49. The van der Waals surface area contributed by atoms with Crippen LogP contribution in [-0.4, -0.2) is 36.2 Å². The lowest BCUT2D eigenvalue weighted by molar-refractivity contribution is -0.130. The van der Waals surface area contributed by atoms with Crippen molar-refractivity contribution in [3.05, 3.63) is 52.0 Å². The Morgan fingerprint density at radius 3 is 2.67 bits per heavy atom. The number of carbonyl (C=O) groups excluding carboxylic acids is 2. The topological polar surface area (TPSA) is 99.7 Å². The van der Waals surface area contributed by atoms with E-state index in [1.54, 1.807) is 43.3 Å². The van der Waals surface area contributed by atoms with Crippen LogP contribution < -0.4 is 20.7 Å². The Morgan fingerprint density at radius 2 is 1.97 bits per heavy atom. The lowest BCUT2D eigenvalue weighted by Crippen LogP contribution is -2.53. The molecule has 2 heterocycles. The van der Waals surface area contributed by atoms with Crippen molar-refractivity contribution in [2.24, 2.45) is 5.92 Å². The van der Waals surface area contributed by atoms with Gasteiger partial charge in [0.15, 0.2) is 0 Å². The molecule has 7 nitrogen and oxygen atoms in total. The number of rotatable bonds is 4. The molecule has 30 heavy (non-hydrogen) atoms. The summed E-state index contributed by atoms with van der Waals surface area (Å²) in [6, 6.07) is 9.48. The monoisotopic (exact) mass is 449 g/mol. The van der Waals surface area contributed by atoms with Crippen LogP contribution in [0.25, 0.3) is 0 Å². The van der Waals surface area contributed by atoms with Crippen LogP contribution in [0, 0.1) is 5.92 Å². The van der Waals surface area contributed by atoms with E-state index in [0.717, 1.165) is 0 Å². The second-order valence-electron chi connectivity index (χ2n) is 7.57. The highest BCUT2D eigenvalue weighted by molar-refractivity contribution is 6.31. The minimum atomic E-state index is -1.35. The average Bonchev–Trinajstić information content (AvgIpc) is 3.23. The van der Waals surface area contributed by atoms with E-state index in [-0.39, 0.29) is 12.3 Å². The van der Waals surface area contributed by atoms with Crippen LogP contribution in [0.4, 0.5) is 11.4 Å². The molecule has 0 unspecified atom stereocenters. The molecule has 4 rings (SSSR count). The third-order valence-electron chi connectivity index (χ3n) is 5.76. The molecule has 2 aromatic rings. The summed E-state index contributed by atoms with van der Waals surface area (Å²) in [6.07, 6.45) is -0.511. The van der Waals surface area contributed by atoms with Gasteiger partial charge < -0.3 is 20.5 Å². The van der Waals surface area contributed by atoms with E-state index < -0.39 is 29.5 Å². The summed E-state index contributed by atoms with van der Waals surface area (Å²) in [5.41, 5.74) is 0.218. The molecule has 0 saturated carbocycles. The first-order chi connectivity index (χ1) is 14.3. The van der Waals surface area contributed by atoms with Gasteiger partial charge in [-0.25, -0.2) is 0 Å². The normalized spacial score (nSPS) is 25.7. The van der Waals surface area contributed by atoms with Crippen LogP contribution in [-0.2, 0) is 15.1 Å². The molecule has 0 bridgehead atoms. The quantitative estimate of drug-likeness (QED) is 0.574. The number of anilines is 2. The summed E-state index contributed by atoms with van der Waals surface area (Å²) in [5.74, 6) is -1.12. The number of ether oxygens (including phenoxy) is 1. The Balaban J connectivity index is 1.76. The molecule has 2 aliphatic heterocycles. The van der Waals surface area contributed by atoms with Crippen LogP contribution in [0.2, 0.25) is 10.0 Å². The Bertz CT molecular complexity index is 1030. The van der Waals surface area contributed by atoms with Gasteiger partial charge >= 0.3 is 0 Å². The van der Waals surface area contributed by atoms with Gasteiger partial charge in [-0.2, -0.15) is 0 Å². The van der Waals surface area contributed by atoms with E-state index in [4.69, 9.17) is 27.9 Å². The largest absolute Gasteiger partial charge is 0.495 e. The van der Waals surface area contributed by atoms with Crippen molar-refractivity contribution in [2.75, 3.05) is 17.7 Å². The molecule has 4 atom stereocenters. The van der Waals surface area contributed by atoms with Crippen molar-refractivity contribution in [1.29, 1.82) is 0 Å². The molecule has 1 spiro atoms. The van der Waals surface area contributed by atoms with E-state index in [1.165, 1.54) is 7.11 Å². The first kappa shape index (κ1) is 20.9. The third-order valence-corrected chi connectivity index (χ3v) is 6.23. The first-order valence-electron chi connectivity index (χ1n) is 9.48. The summed E-state index contributed by atoms with van der Waals surface area (Å²) >= 11 is 12.3. The number of aliphatic hydroxyl groups excluding tert-OH is 1. The molecule has 2 amide bonds. The molecular formula is C21H21Cl2N3O4. The maximum absolute atomic E-state index is 13.4. The number of nitrogens with one attached hydrogen (secondary N) is 3. The zero-order valence-corrected chi connectivity index (χ0v) is 17.8. The average molecular weight is 450 g/mol. The van der Waals surface area contributed by atoms with E-state index in [0.29, 0.717) is 32.7 Å². The minimum absolute atomic E-state index is 0.256. The van der Waals surface area contributed by atoms with Crippen LogP contribution in [0.15, 0.2) is 36.4 Å². The Morgan fingerprint density at radius 1 is 1.27 bits per heavy atom. The van der Waals surface area contributed by atoms with Crippen molar-refractivity contribution >= 4 is 46.4 Å². The van der Waals surface area contributed by atoms with E-state index >= 15 is 0 Å². The highest BCUT2D eigenvalue weighted by Gasteiger charge is 2.60. The molecule has 4 N–H and O–H groups in total. The van der Waals surface area contributed by atoms with Crippen LogP contribution in [0.3, 0.4) is 0 Å². The summed E-state index contributed by atoms with van der Waals surface area (Å²) in [4.78, 5) is 26.6. The van der Waals surface area contributed by atoms with E-state index in [1.807, 2.05) is 0 Å². The Kier molecular flexibility index (Phi) is 5.40. The van der Waals surface area contributed by atoms with Crippen molar-refractivity contribution in [1.82, 2.24) is 5.32 Å². The van der Waals surface area contributed by atoms with Crippen LogP contribution in [0.5, 0.6) is 5.75 Å². The zero-order chi connectivity index (χ0) is 21.6. The molecule has 9 heteroatoms. The maximum atomic E-state index is 13.4. The number of methoxy groups -OCH3 is 1. The molecule has 2 aromatic carbocycles. The van der Waals surface area contributed by atoms with Crippen molar-refractivity contribution in [2.45, 2.75) is 31.0 Å². The summed E-state index contributed by atoms with van der Waals surface area (Å²) in [5, 5.41) is 20.0. The molecular weight excluding hydrogens is 429 g/mol. The molecule has 158 valence electrons. The van der Waals surface area contributed by atoms with Gasteiger partial charge in [-0.3, -0.25) is 14.9 Å². The second-order valence-corrected chi connectivity index (χ2v) is 8.44. The number of hydrogen-bond acceptors (Lipinski definition) is 5. The standard InChI is InChI=1S/C21H21Cl2N3O4/c1-10(27)16-9-14(19(28)24-17-8-12(23)4-6-18(17)30-2)21(26-16)13-7-11(22)3-5-15(13)25-20(21)29/h3-8,10,14,16,26-27H,9H2,1-2H3,(H,24,28)(H,25,29)/t10-,14-,16+,21-/m0/s1. The van der Waals surface area contributed by atoms with Gasteiger partial charge in [0.05, 0.1) is 24.8 Å². The fourth-order valence-corrected chi connectivity index (χ4v) is 4.63. The summed E-state index contributed by atoms with van der Waals surface area (Å²) in [6.45, 7) is 1.62. The minimum Gasteiger partial charge on any atom is -0.495 e. The Hall–Kier alpha value is -2.32. The van der Waals surface area contributed by atoms with E-state index in [2.05, 4.69) is 16.0 Å². The zero-order valence-electron chi connectivity index (χ0n) is 16.3. The molecule has 2 aliphatic rings. The van der Waals surface area contributed by atoms with Gasteiger partial charge in [-0.1, -0.05) is 23.2 Å². The summed E-state index contributed by atoms with van der Waals surface area (Å²) < 4.78 is 5.31. The third kappa shape index (κ3) is 3.32. The van der Waals surface area contributed by atoms with Gasteiger partial charge in [0.2, 0.25) is 11.8 Å². The van der Waals surface area contributed by atoms with Gasteiger partial charge in [-0.15, -0.1) is 0 Å². The molecule has 0 aromatic heterocycles. The van der Waals surface area contributed by atoms with Crippen molar-refractivity contribution in [3.8, 4) is 5.75 Å². The number of aliphatic hydroxyl groups is 1. The SMILES string of the molecule is COc1ccc(Cl)cc1NC(=O)[C@@H]1C[C@H]([C@H](C)O)N[C@]12C(=O)Nc1ccc(Cl)cc12. The van der Waals surface area contributed by atoms with Crippen molar-refractivity contribution in [3.63, 3.8) is 0 Å². The Labute approximate surface area is 183 Å². The number of fused-ring (bicyclic) bond motifs is 2. The maximum Gasteiger partial charge on any atom is 0.250 e. The van der Waals surface area contributed by atoms with Crippen LogP contribution >= 0.6 is 23.2 Å². The predicted octanol–water partition coefficient (Wildman–Crippen LogP) is 3.15. The molecule has 1 fully saturated rings. The fraction of sp³-hybridized carbons (Fsp3) is 0.333. The van der Waals surface area contributed by atoms with Gasteiger partial charge in [0.25, 0.3) is 0 Å². The van der Waals surface area contributed by atoms with Crippen molar-refractivity contribution < 1.29 is 19.4 Å². The van der Waals surface area contributed by atoms with Crippen LogP contribution in [0.1, 0.15) is 18.9 Å². The molecule has 0 aliphatic carbocycles. The fourth-order valence-electron chi connectivity index (χ4n) is 4.29. The van der Waals surface area contributed by atoms with Gasteiger partial charge in [-0.05, 0) is 49.7 Å². The van der Waals surface area contributed by atoms with Gasteiger partial charge in [0, 0.05) is 27.3 Å². The first-order valence-corrected chi connectivity index (χ1v) is 10.2. The number of halogens is 2. The predicted molar refractivity (Wildman–Crippen MR) is 115 cm³/mol. The van der Waals surface area contributed by atoms with E-state index in [9.17, 15) is 14.7 Å². The molecule has 0 radical (unpaired) electrons. The van der Waals surface area contributed by atoms with Gasteiger partial charge in [0.1, 0.15) is 11.3 Å². The number of hydrogen-bond donors (Lipinski definition) is 4.